The summed E-state index contributed by atoms with van der Waals surface area (Å²) in [6, 6.07) is 0. The van der Waals surface area contributed by atoms with E-state index in [2.05, 4.69) is 6.92 Å². The number of carbonyl (C=O) groups is 3. The lowest BCUT2D eigenvalue weighted by Gasteiger charge is -2.60. The fraction of sp³-hybridized carbons (Fsp3) is 0.708. The van der Waals surface area contributed by atoms with Gasteiger partial charge in [0.2, 0.25) is 5.78 Å². The summed E-state index contributed by atoms with van der Waals surface area (Å²) in [5.74, 6) is -0.834. The molecule has 6 heteroatoms. The van der Waals surface area contributed by atoms with Gasteiger partial charge >= 0.3 is 5.97 Å². The summed E-state index contributed by atoms with van der Waals surface area (Å²) in [6.45, 7) is 6.82. The molecule has 164 valence electrons. The number of esters is 1. The van der Waals surface area contributed by atoms with Gasteiger partial charge in [0, 0.05) is 23.7 Å². The maximum atomic E-state index is 12.9. The third-order valence-electron chi connectivity index (χ3n) is 9.05. The average molecular weight is 417 g/mol. The van der Waals surface area contributed by atoms with E-state index in [1.165, 1.54) is 6.92 Å². The predicted octanol–water partition coefficient (Wildman–Crippen LogP) is 2.52. The predicted molar refractivity (Wildman–Crippen MR) is 109 cm³/mol. The van der Waals surface area contributed by atoms with Crippen molar-refractivity contribution in [3.05, 3.63) is 23.3 Å². The SMILES string of the molecule is CC(=O)OCC(=O)[C@@]1(O)CCC2C3CCC4=CC(=O)C=C(C)C4(C)C3C(O)CC21C. The number of hydrogen-bond donors (Lipinski definition) is 2. The lowest BCUT2D eigenvalue weighted by atomic mass is 9.45. The van der Waals surface area contributed by atoms with Crippen LogP contribution in [0.4, 0.5) is 0 Å². The van der Waals surface area contributed by atoms with Crippen molar-refractivity contribution in [1.29, 1.82) is 0 Å². The summed E-state index contributed by atoms with van der Waals surface area (Å²) in [7, 11) is 0. The maximum absolute atomic E-state index is 12.9. The van der Waals surface area contributed by atoms with Gasteiger partial charge in [0.05, 0.1) is 6.10 Å². The van der Waals surface area contributed by atoms with Crippen LogP contribution in [0.5, 0.6) is 0 Å². The van der Waals surface area contributed by atoms with Gasteiger partial charge in [-0.2, -0.15) is 0 Å². The number of aliphatic hydroxyl groups excluding tert-OH is 1. The quantitative estimate of drug-likeness (QED) is 0.686. The van der Waals surface area contributed by atoms with Crippen LogP contribution in [0.2, 0.25) is 0 Å². The van der Waals surface area contributed by atoms with Gasteiger partial charge in [0.1, 0.15) is 5.60 Å². The molecule has 2 N–H and O–H groups in total. The molecular formula is C24H32O6. The number of aliphatic hydroxyl groups is 2. The number of fused-ring (bicyclic) bond motifs is 5. The van der Waals surface area contributed by atoms with E-state index in [0.717, 1.165) is 24.0 Å². The van der Waals surface area contributed by atoms with Crippen LogP contribution in [0, 0.1) is 28.6 Å². The van der Waals surface area contributed by atoms with Crippen molar-refractivity contribution in [3.63, 3.8) is 0 Å². The molecule has 0 aliphatic heterocycles. The molecule has 6 unspecified atom stereocenters. The van der Waals surface area contributed by atoms with Crippen LogP contribution in [-0.4, -0.2) is 46.1 Å². The summed E-state index contributed by atoms with van der Waals surface area (Å²) in [5.41, 5.74) is -0.675. The third-order valence-corrected chi connectivity index (χ3v) is 9.05. The molecule has 6 nitrogen and oxygen atoms in total. The number of hydrogen-bond acceptors (Lipinski definition) is 6. The highest BCUT2D eigenvalue weighted by Crippen LogP contribution is 2.67. The van der Waals surface area contributed by atoms with E-state index in [1.807, 2.05) is 13.8 Å². The fourth-order valence-corrected chi connectivity index (χ4v) is 7.43. The Balaban J connectivity index is 1.69. The van der Waals surface area contributed by atoms with Crippen molar-refractivity contribution >= 4 is 17.5 Å². The van der Waals surface area contributed by atoms with E-state index in [0.29, 0.717) is 19.3 Å². The molecule has 0 aromatic rings. The summed E-state index contributed by atoms with van der Waals surface area (Å²) in [5, 5.41) is 22.9. The van der Waals surface area contributed by atoms with Crippen LogP contribution < -0.4 is 0 Å². The normalized spacial score (nSPS) is 44.9. The van der Waals surface area contributed by atoms with Crippen molar-refractivity contribution in [2.45, 2.75) is 71.5 Å². The Morgan fingerprint density at radius 3 is 2.60 bits per heavy atom. The zero-order chi connectivity index (χ0) is 22.1. The molecule has 0 spiro atoms. The molecule has 0 aromatic heterocycles. The van der Waals surface area contributed by atoms with Gasteiger partial charge in [0.15, 0.2) is 12.4 Å². The van der Waals surface area contributed by atoms with Crippen LogP contribution in [0.3, 0.4) is 0 Å². The molecule has 0 bridgehead atoms. The van der Waals surface area contributed by atoms with Gasteiger partial charge in [-0.3, -0.25) is 14.4 Å². The Hall–Kier alpha value is -1.79. The molecule has 0 amide bonds. The smallest absolute Gasteiger partial charge is 0.303 e. The first-order chi connectivity index (χ1) is 13.9. The Morgan fingerprint density at radius 1 is 1.23 bits per heavy atom. The van der Waals surface area contributed by atoms with E-state index >= 15 is 0 Å². The largest absolute Gasteiger partial charge is 0.458 e. The number of Topliss-reactive ketones (excluding diaryl/α,β-unsaturated/α-hetero) is 1. The highest BCUT2D eigenvalue weighted by Gasteiger charge is 2.68. The zero-order valence-corrected chi connectivity index (χ0v) is 18.2. The second-order valence-electron chi connectivity index (χ2n) is 10.2. The van der Waals surface area contributed by atoms with Crippen molar-refractivity contribution in [2.24, 2.45) is 28.6 Å². The first-order valence-electron chi connectivity index (χ1n) is 11.0. The lowest BCUT2D eigenvalue weighted by Crippen LogP contribution is -2.62. The van der Waals surface area contributed by atoms with Gasteiger partial charge in [-0.25, -0.2) is 0 Å². The monoisotopic (exact) mass is 416 g/mol. The highest BCUT2D eigenvalue weighted by molar-refractivity contribution is 6.02. The van der Waals surface area contributed by atoms with E-state index in [9.17, 15) is 24.6 Å². The number of rotatable bonds is 3. The topological polar surface area (TPSA) is 101 Å². The van der Waals surface area contributed by atoms with Crippen LogP contribution in [0.25, 0.3) is 0 Å². The van der Waals surface area contributed by atoms with E-state index in [-0.39, 0.29) is 29.0 Å². The minimum Gasteiger partial charge on any atom is -0.458 e. The minimum absolute atomic E-state index is 0.0138. The van der Waals surface area contributed by atoms with Gasteiger partial charge in [-0.05, 0) is 63.0 Å². The lowest BCUT2D eigenvalue weighted by molar-refractivity contribution is -0.181. The second kappa shape index (κ2) is 6.86. The first-order valence-corrected chi connectivity index (χ1v) is 11.0. The molecule has 0 heterocycles. The highest BCUT2D eigenvalue weighted by atomic mass is 16.5. The number of carbonyl (C=O) groups excluding carboxylic acids is 3. The fourth-order valence-electron chi connectivity index (χ4n) is 7.43. The van der Waals surface area contributed by atoms with E-state index < -0.39 is 35.5 Å². The Bertz CT molecular complexity index is 871. The van der Waals surface area contributed by atoms with Crippen LogP contribution >= 0.6 is 0 Å². The summed E-state index contributed by atoms with van der Waals surface area (Å²) >= 11 is 0. The van der Waals surface area contributed by atoms with Gasteiger partial charge in [0.25, 0.3) is 0 Å². The minimum atomic E-state index is -1.61. The molecule has 3 fully saturated rings. The van der Waals surface area contributed by atoms with Crippen molar-refractivity contribution in [2.75, 3.05) is 6.61 Å². The van der Waals surface area contributed by atoms with Crippen molar-refractivity contribution in [3.8, 4) is 0 Å². The molecule has 0 saturated heterocycles. The van der Waals surface area contributed by atoms with Crippen molar-refractivity contribution in [1.82, 2.24) is 0 Å². The standard InChI is InChI=1S/C24H32O6/c1-13-9-16(26)10-15-5-6-17-18-7-8-24(29,20(28)12-30-14(2)25)22(18,3)11-19(27)21(17)23(13,15)4/h9-10,17-19,21,27,29H,5-8,11-12H2,1-4H3/t17?,18?,19?,21?,22?,23?,24-/m0/s1. The molecule has 4 rings (SSSR count). The molecule has 30 heavy (non-hydrogen) atoms. The Kier molecular flexibility index (Phi) is 4.90. The molecule has 4 aliphatic rings. The van der Waals surface area contributed by atoms with Gasteiger partial charge in [-0.1, -0.05) is 25.0 Å². The van der Waals surface area contributed by atoms with Crippen molar-refractivity contribution < 1.29 is 29.3 Å². The average Bonchev–Trinajstić information content (AvgIpc) is 2.92. The first kappa shape index (κ1) is 21.4. The summed E-state index contributed by atoms with van der Waals surface area (Å²) < 4.78 is 4.89. The van der Waals surface area contributed by atoms with Crippen LogP contribution in [-0.2, 0) is 19.1 Å². The van der Waals surface area contributed by atoms with E-state index in [4.69, 9.17) is 4.74 Å². The van der Waals surface area contributed by atoms with Crippen LogP contribution in [0.15, 0.2) is 23.3 Å². The number of ether oxygens (including phenoxy) is 1. The van der Waals surface area contributed by atoms with Gasteiger partial charge in [-0.15, -0.1) is 0 Å². The van der Waals surface area contributed by atoms with E-state index in [1.54, 1.807) is 12.2 Å². The number of ketones is 2. The summed E-state index contributed by atoms with van der Waals surface area (Å²) in [6.07, 6.45) is 5.65. The molecule has 7 atom stereocenters. The number of allylic oxidation sites excluding steroid dienone is 4. The second-order valence-corrected chi connectivity index (χ2v) is 10.2. The molecule has 0 aromatic carbocycles. The molecule has 0 radical (unpaired) electrons. The third kappa shape index (κ3) is 2.72. The van der Waals surface area contributed by atoms with Crippen LogP contribution in [0.1, 0.15) is 59.8 Å². The molecular weight excluding hydrogens is 384 g/mol. The maximum Gasteiger partial charge on any atom is 0.303 e. The van der Waals surface area contributed by atoms with Gasteiger partial charge < -0.3 is 14.9 Å². The Morgan fingerprint density at radius 2 is 1.93 bits per heavy atom. The summed E-state index contributed by atoms with van der Waals surface area (Å²) in [4.78, 5) is 36.2. The molecule has 4 aliphatic carbocycles. The zero-order valence-electron chi connectivity index (χ0n) is 18.2. The Labute approximate surface area is 177 Å². The molecule has 3 saturated carbocycles.